The molecule has 236 valence electrons. The number of aromatic nitrogens is 4. The second kappa shape index (κ2) is 11.2. The van der Waals surface area contributed by atoms with Crippen molar-refractivity contribution >= 4 is 33.9 Å². The second-order valence-electron chi connectivity index (χ2n) is 13.5. The van der Waals surface area contributed by atoms with Crippen molar-refractivity contribution in [1.82, 2.24) is 35.1 Å². The maximum absolute atomic E-state index is 15.6. The van der Waals surface area contributed by atoms with Crippen LogP contribution in [0.1, 0.15) is 86.4 Å². The van der Waals surface area contributed by atoms with E-state index in [1.807, 2.05) is 13.0 Å². The van der Waals surface area contributed by atoms with Gasteiger partial charge < -0.3 is 25.1 Å². The predicted octanol–water partition coefficient (Wildman–Crippen LogP) is 5.34. The third kappa shape index (κ3) is 5.28. The summed E-state index contributed by atoms with van der Waals surface area (Å²) in [6.45, 7) is 3.61. The van der Waals surface area contributed by atoms with E-state index in [2.05, 4.69) is 37.2 Å². The lowest BCUT2D eigenvalue weighted by molar-refractivity contribution is -0.123. The van der Waals surface area contributed by atoms with Crippen LogP contribution in [-0.2, 0) is 11.3 Å². The summed E-state index contributed by atoms with van der Waals surface area (Å²) in [5.41, 5.74) is 3.61. The molecule has 11 heteroatoms. The molecule has 0 radical (unpaired) electrons. The zero-order valence-corrected chi connectivity index (χ0v) is 25.5. The Kier molecular flexibility index (Phi) is 7.11. The lowest BCUT2D eigenvalue weighted by Crippen LogP contribution is -2.52. The molecule has 1 saturated heterocycles. The van der Waals surface area contributed by atoms with Crippen molar-refractivity contribution in [1.29, 1.82) is 0 Å². The molecule has 8 rings (SSSR count). The molecule has 3 aromatic heterocycles. The fourth-order valence-electron chi connectivity index (χ4n) is 7.32. The van der Waals surface area contributed by atoms with Crippen LogP contribution >= 0.6 is 0 Å². The highest BCUT2D eigenvalue weighted by Crippen LogP contribution is 2.44. The van der Waals surface area contributed by atoms with Crippen molar-refractivity contribution < 1.29 is 18.4 Å². The van der Waals surface area contributed by atoms with E-state index in [1.54, 1.807) is 0 Å². The Balaban J connectivity index is 1.20. The number of fused-ring (bicyclic) bond motifs is 3. The molecule has 2 amide bonds. The average Bonchev–Trinajstić information content (AvgIpc) is 3.95. The Morgan fingerprint density at radius 3 is 2.76 bits per heavy atom. The lowest BCUT2D eigenvalue weighted by Gasteiger charge is -2.27. The lowest BCUT2D eigenvalue weighted by atomic mass is 10.0. The molecule has 4 aromatic rings. The van der Waals surface area contributed by atoms with Gasteiger partial charge in [0.25, 0.3) is 5.91 Å². The number of aryl methyl sites for hydroxylation is 1. The van der Waals surface area contributed by atoms with E-state index in [-0.39, 0.29) is 29.5 Å². The number of benzene rings is 1. The van der Waals surface area contributed by atoms with Crippen LogP contribution in [0.2, 0.25) is 0 Å². The number of nitrogens with one attached hydrogen (secondary N) is 3. The van der Waals surface area contributed by atoms with E-state index >= 15 is 4.39 Å². The third-order valence-electron chi connectivity index (χ3n) is 10.2. The first-order valence-corrected chi connectivity index (χ1v) is 16.5. The molecule has 2 aliphatic heterocycles. The van der Waals surface area contributed by atoms with Gasteiger partial charge in [-0.25, -0.2) is 18.7 Å². The Bertz CT molecular complexity index is 1810. The van der Waals surface area contributed by atoms with Crippen molar-refractivity contribution in [3.63, 3.8) is 0 Å². The number of amides is 2. The Hall–Kier alpha value is -3.86. The van der Waals surface area contributed by atoms with Crippen LogP contribution in [0.25, 0.3) is 33.6 Å². The molecule has 0 unspecified atom stereocenters. The molecular formula is C34H39F2N7O2. The molecule has 45 heavy (non-hydrogen) atoms. The number of carbonyl (C=O) groups excluding carboxylic acids is 2. The average molecular weight is 616 g/mol. The van der Waals surface area contributed by atoms with Gasteiger partial charge in [0.2, 0.25) is 5.91 Å². The number of nitrogens with zero attached hydrogens (tertiary/aromatic N) is 4. The standard InChI is InChI=1S/C34H39F2N7O2/c1-18-26-9-6-20-14-30(42(31(20)39-26)12-4-2-3-5-19-13-22(19)33(44)38-18)32-40-27-15-23(25(36)16-29(27)43(32)21-7-8-21)34(45)41-28-17-37-11-10-24(28)35/h6,9,14-16,18-19,21-22,24,28,37H,2-5,7-8,10-13,17H2,1H3,(H,38,44)(H,41,45)/t18-,19+,22+,24+,28+/m1/s1. The summed E-state index contributed by atoms with van der Waals surface area (Å²) in [4.78, 5) is 36.1. The number of alkyl halides is 1. The second-order valence-corrected chi connectivity index (χ2v) is 13.5. The summed E-state index contributed by atoms with van der Waals surface area (Å²) >= 11 is 0. The Morgan fingerprint density at radius 1 is 1.07 bits per heavy atom. The maximum Gasteiger partial charge on any atom is 0.254 e. The predicted molar refractivity (Wildman–Crippen MR) is 167 cm³/mol. The van der Waals surface area contributed by atoms with Crippen LogP contribution in [0.4, 0.5) is 8.78 Å². The van der Waals surface area contributed by atoms with Gasteiger partial charge in [-0.3, -0.25) is 9.59 Å². The summed E-state index contributed by atoms with van der Waals surface area (Å²) in [6.07, 6.45) is 6.23. The minimum Gasteiger partial charge on any atom is -0.348 e. The SMILES string of the molecule is C[C@H]1NC(=O)[C@H]2C[C@@H]2CCCCCn2c(-c3nc4cc(C(=O)N[C@H]5CNCC[C@@H]5F)c(F)cc4n3C3CC3)cc3ccc1nc32. The van der Waals surface area contributed by atoms with Gasteiger partial charge in [-0.2, -0.15) is 0 Å². The van der Waals surface area contributed by atoms with Crippen molar-refractivity contribution in [2.24, 2.45) is 11.8 Å². The first kappa shape index (κ1) is 28.6. The zero-order valence-electron chi connectivity index (χ0n) is 25.5. The number of hydrogen-bond acceptors (Lipinski definition) is 5. The molecule has 2 saturated carbocycles. The first-order valence-electron chi connectivity index (χ1n) is 16.5. The number of pyridine rings is 1. The highest BCUT2D eigenvalue weighted by atomic mass is 19.1. The van der Waals surface area contributed by atoms with Crippen molar-refractivity contribution in [2.75, 3.05) is 13.1 Å². The smallest absolute Gasteiger partial charge is 0.254 e. The van der Waals surface area contributed by atoms with Gasteiger partial charge in [-0.05, 0) is 82.2 Å². The van der Waals surface area contributed by atoms with Crippen LogP contribution < -0.4 is 16.0 Å². The van der Waals surface area contributed by atoms with Crippen molar-refractivity contribution in [3.05, 3.63) is 47.4 Å². The minimum absolute atomic E-state index is 0.126. The molecule has 2 bridgehead atoms. The fourth-order valence-corrected chi connectivity index (χ4v) is 7.32. The van der Waals surface area contributed by atoms with Gasteiger partial charge in [0.05, 0.1) is 40.1 Å². The molecule has 2 aliphatic carbocycles. The number of imidazole rings is 1. The summed E-state index contributed by atoms with van der Waals surface area (Å²) in [5.74, 6) is 0.192. The first-order chi connectivity index (χ1) is 21.9. The highest BCUT2D eigenvalue weighted by molar-refractivity contribution is 5.98. The van der Waals surface area contributed by atoms with E-state index in [0.29, 0.717) is 36.5 Å². The number of rotatable bonds is 4. The minimum atomic E-state index is -1.17. The zero-order chi connectivity index (χ0) is 30.8. The molecular weight excluding hydrogens is 576 g/mol. The van der Waals surface area contributed by atoms with Crippen LogP contribution in [0.5, 0.6) is 0 Å². The summed E-state index contributed by atoms with van der Waals surface area (Å²) < 4.78 is 34.3. The van der Waals surface area contributed by atoms with E-state index in [1.165, 1.54) is 12.1 Å². The van der Waals surface area contributed by atoms with Gasteiger partial charge in [0.1, 0.15) is 17.6 Å². The van der Waals surface area contributed by atoms with Crippen LogP contribution in [-0.4, -0.2) is 56.2 Å². The van der Waals surface area contributed by atoms with Crippen LogP contribution in [0, 0.1) is 17.7 Å². The van der Waals surface area contributed by atoms with Gasteiger partial charge in [0, 0.05) is 36.5 Å². The van der Waals surface area contributed by atoms with E-state index in [4.69, 9.17) is 9.97 Å². The maximum atomic E-state index is 15.6. The largest absolute Gasteiger partial charge is 0.348 e. The molecule has 3 fully saturated rings. The number of piperidine rings is 1. The van der Waals surface area contributed by atoms with Gasteiger partial charge in [-0.1, -0.05) is 12.8 Å². The number of halogens is 2. The van der Waals surface area contributed by atoms with Gasteiger partial charge in [0.15, 0.2) is 5.82 Å². The highest BCUT2D eigenvalue weighted by Gasteiger charge is 2.42. The molecule has 0 spiro atoms. The molecule has 3 N–H and O–H groups in total. The molecule has 5 atom stereocenters. The van der Waals surface area contributed by atoms with Gasteiger partial charge in [-0.15, -0.1) is 0 Å². The van der Waals surface area contributed by atoms with E-state index in [9.17, 15) is 14.0 Å². The Morgan fingerprint density at radius 2 is 1.93 bits per heavy atom. The number of hydrogen-bond donors (Lipinski definition) is 3. The number of carbonyl (C=O) groups is 2. The van der Waals surface area contributed by atoms with Crippen molar-refractivity contribution in [3.8, 4) is 11.5 Å². The normalized spacial score (nSPS) is 27.3. The summed E-state index contributed by atoms with van der Waals surface area (Å²) in [6, 6.07) is 8.32. The summed E-state index contributed by atoms with van der Waals surface area (Å²) in [7, 11) is 0. The quantitative estimate of drug-likeness (QED) is 0.287. The summed E-state index contributed by atoms with van der Waals surface area (Å²) in [5, 5.41) is 9.93. The van der Waals surface area contributed by atoms with Gasteiger partial charge >= 0.3 is 0 Å². The van der Waals surface area contributed by atoms with Crippen LogP contribution in [0.15, 0.2) is 30.3 Å². The topological polar surface area (TPSA) is 106 Å². The van der Waals surface area contributed by atoms with E-state index in [0.717, 1.165) is 79.7 Å². The molecule has 5 heterocycles. The Labute approximate surface area is 260 Å². The molecule has 9 nitrogen and oxygen atoms in total. The molecule has 4 aliphatic rings. The molecule has 1 aromatic carbocycles. The monoisotopic (exact) mass is 615 g/mol. The fraction of sp³-hybridized carbons (Fsp3) is 0.529. The van der Waals surface area contributed by atoms with E-state index < -0.39 is 23.9 Å². The third-order valence-corrected chi connectivity index (χ3v) is 10.2. The van der Waals surface area contributed by atoms with Crippen LogP contribution in [0.3, 0.4) is 0 Å². The van der Waals surface area contributed by atoms with Crippen molar-refractivity contribution in [2.45, 2.75) is 89.1 Å².